The van der Waals surface area contributed by atoms with Crippen molar-refractivity contribution in [3.05, 3.63) is 0 Å². The highest BCUT2D eigenvalue weighted by molar-refractivity contribution is 6.08. The molecule has 0 spiro atoms. The van der Waals surface area contributed by atoms with Crippen molar-refractivity contribution in [3.8, 4) is 0 Å². The van der Waals surface area contributed by atoms with Crippen LogP contribution >= 0.6 is 0 Å². The normalized spacial score (nSPS) is 15.6. The van der Waals surface area contributed by atoms with Crippen LogP contribution in [0.5, 0.6) is 0 Å². The summed E-state index contributed by atoms with van der Waals surface area (Å²) in [5.41, 5.74) is 0.243. The van der Waals surface area contributed by atoms with Gasteiger partial charge in [-0.15, -0.1) is 0 Å². The highest BCUT2D eigenvalue weighted by atomic mass is 28.1. The summed E-state index contributed by atoms with van der Waals surface area (Å²) < 4.78 is 5.70. The highest BCUT2D eigenvalue weighted by Crippen LogP contribution is 2.04. The average Bonchev–Trinajstić information content (AvgIpc) is 1.96. The molecule has 0 saturated heterocycles. The third-order valence-corrected chi connectivity index (χ3v) is 2.11. The van der Waals surface area contributed by atoms with Crippen molar-refractivity contribution in [2.24, 2.45) is 0 Å². The predicted molar refractivity (Wildman–Crippen MR) is 70.3 cm³/mol. The van der Waals surface area contributed by atoms with Crippen LogP contribution in [-0.4, -0.2) is 40.3 Å². The molecule has 1 unspecified atom stereocenters. The maximum Gasteiger partial charge on any atom is 0.120 e. The summed E-state index contributed by atoms with van der Waals surface area (Å²) in [4.78, 5) is 0. The standard InChI is InChI=1S/C11H28N2OSi/c1-10(2,3)12-7-9(14-8-15)13-11(4,5)6/h9,12-13H,7-8H2,1-6,15H3. The summed E-state index contributed by atoms with van der Waals surface area (Å²) in [6, 6.07) is 0. The predicted octanol–water partition coefficient (Wildman–Crippen LogP) is 0.428. The molecule has 0 aromatic heterocycles. The van der Waals surface area contributed by atoms with Crippen molar-refractivity contribution in [1.82, 2.24) is 10.6 Å². The monoisotopic (exact) mass is 232 g/mol. The summed E-state index contributed by atoms with van der Waals surface area (Å²) in [5.74, 6) is 0. The zero-order valence-electron chi connectivity index (χ0n) is 11.4. The first-order valence-corrected chi connectivity index (χ1v) is 7.20. The van der Waals surface area contributed by atoms with Gasteiger partial charge in [-0.05, 0) is 41.5 Å². The first-order valence-electron chi connectivity index (χ1n) is 5.78. The van der Waals surface area contributed by atoms with Gasteiger partial charge >= 0.3 is 0 Å². The van der Waals surface area contributed by atoms with Gasteiger partial charge in [0.25, 0.3) is 0 Å². The van der Waals surface area contributed by atoms with Gasteiger partial charge in [-0.3, -0.25) is 5.32 Å². The fourth-order valence-corrected chi connectivity index (χ4v) is 1.64. The molecule has 0 saturated carbocycles. The number of rotatable bonds is 5. The van der Waals surface area contributed by atoms with E-state index in [1.807, 2.05) is 0 Å². The summed E-state index contributed by atoms with van der Waals surface area (Å²) in [5, 5.41) is 6.92. The molecule has 2 N–H and O–H groups in total. The van der Waals surface area contributed by atoms with Crippen LogP contribution in [0.1, 0.15) is 41.5 Å². The van der Waals surface area contributed by atoms with Crippen molar-refractivity contribution < 1.29 is 4.74 Å². The van der Waals surface area contributed by atoms with E-state index in [9.17, 15) is 0 Å². The van der Waals surface area contributed by atoms with E-state index >= 15 is 0 Å². The second kappa shape index (κ2) is 5.99. The third-order valence-electron chi connectivity index (χ3n) is 1.78. The molecule has 3 nitrogen and oxygen atoms in total. The van der Waals surface area contributed by atoms with Crippen LogP contribution in [0.4, 0.5) is 0 Å². The van der Waals surface area contributed by atoms with Crippen LogP contribution < -0.4 is 10.6 Å². The first kappa shape index (κ1) is 15.1. The quantitative estimate of drug-likeness (QED) is 0.533. The minimum absolute atomic E-state index is 0.0982. The Morgan fingerprint density at radius 2 is 1.60 bits per heavy atom. The average molecular weight is 232 g/mol. The van der Waals surface area contributed by atoms with Crippen LogP contribution in [0, 0.1) is 0 Å². The maximum absolute atomic E-state index is 5.70. The molecule has 0 fully saturated rings. The molecule has 0 amide bonds. The van der Waals surface area contributed by atoms with Crippen LogP contribution in [-0.2, 0) is 4.74 Å². The van der Waals surface area contributed by atoms with E-state index in [0.717, 1.165) is 23.0 Å². The van der Waals surface area contributed by atoms with E-state index in [1.54, 1.807) is 0 Å². The topological polar surface area (TPSA) is 33.3 Å². The lowest BCUT2D eigenvalue weighted by Gasteiger charge is -2.31. The highest BCUT2D eigenvalue weighted by Gasteiger charge is 2.19. The second-order valence-corrected chi connectivity index (χ2v) is 6.55. The zero-order valence-corrected chi connectivity index (χ0v) is 13.4. The van der Waals surface area contributed by atoms with Gasteiger partial charge in [0.05, 0.1) is 0 Å². The maximum atomic E-state index is 5.70. The molecule has 0 aromatic carbocycles. The van der Waals surface area contributed by atoms with E-state index in [4.69, 9.17) is 4.74 Å². The van der Waals surface area contributed by atoms with Crippen LogP contribution in [0.25, 0.3) is 0 Å². The van der Waals surface area contributed by atoms with Gasteiger partial charge < -0.3 is 10.1 Å². The smallest absolute Gasteiger partial charge is 0.120 e. The number of ether oxygens (including phenoxy) is 1. The Morgan fingerprint density at radius 3 is 1.93 bits per heavy atom. The lowest BCUT2D eigenvalue weighted by molar-refractivity contribution is 0.0356. The van der Waals surface area contributed by atoms with E-state index < -0.39 is 0 Å². The van der Waals surface area contributed by atoms with Crippen LogP contribution in [0.3, 0.4) is 0 Å². The fourth-order valence-electron chi connectivity index (χ4n) is 1.23. The fraction of sp³-hybridized carbons (Fsp3) is 1.00. The lowest BCUT2D eigenvalue weighted by Crippen LogP contribution is -2.52. The molecule has 0 aliphatic heterocycles. The van der Waals surface area contributed by atoms with Gasteiger partial charge in [-0.25, -0.2) is 0 Å². The van der Waals surface area contributed by atoms with Crippen molar-refractivity contribution in [2.75, 3.05) is 12.8 Å². The van der Waals surface area contributed by atoms with Gasteiger partial charge in [0.1, 0.15) is 6.23 Å². The summed E-state index contributed by atoms with van der Waals surface area (Å²) >= 11 is 0. The zero-order chi connectivity index (χ0) is 12.1. The van der Waals surface area contributed by atoms with Gasteiger partial charge in [0, 0.05) is 34.1 Å². The van der Waals surface area contributed by atoms with Gasteiger partial charge in [-0.2, -0.15) is 0 Å². The van der Waals surface area contributed by atoms with Gasteiger partial charge in [-0.1, -0.05) is 0 Å². The Kier molecular flexibility index (Phi) is 6.03. The van der Waals surface area contributed by atoms with Crippen LogP contribution in [0.2, 0.25) is 0 Å². The van der Waals surface area contributed by atoms with Crippen molar-refractivity contribution in [2.45, 2.75) is 58.8 Å². The Morgan fingerprint density at radius 1 is 1.07 bits per heavy atom. The Bertz CT molecular complexity index is 172. The molecule has 1 atom stereocenters. The molecule has 0 aliphatic carbocycles. The SMILES string of the molecule is CC(C)(C)NCC(NC(C)(C)C)OC[SiH3]. The molecule has 0 radical (unpaired) electrons. The molecule has 92 valence electrons. The summed E-state index contributed by atoms with van der Waals surface area (Å²) in [6.45, 7) is 13.8. The van der Waals surface area contributed by atoms with E-state index in [1.165, 1.54) is 0 Å². The minimum atomic E-state index is 0.0982. The number of hydrogen-bond acceptors (Lipinski definition) is 3. The lowest BCUT2D eigenvalue weighted by atomic mass is 10.1. The molecule has 0 bridgehead atoms. The molecular weight excluding hydrogens is 204 g/mol. The van der Waals surface area contributed by atoms with Gasteiger partial charge in [0.15, 0.2) is 0 Å². The largest absolute Gasteiger partial charge is 0.366 e. The molecule has 4 heteroatoms. The molecule has 0 heterocycles. The third kappa shape index (κ3) is 10.4. The van der Waals surface area contributed by atoms with E-state index in [-0.39, 0.29) is 17.3 Å². The Hall–Kier alpha value is 0.0969. The summed E-state index contributed by atoms with van der Waals surface area (Å²) in [7, 11) is 1.08. The summed E-state index contributed by atoms with van der Waals surface area (Å²) in [6.07, 6.45) is 0.987. The Balaban J connectivity index is 4.05. The van der Waals surface area contributed by atoms with Crippen molar-refractivity contribution in [3.63, 3.8) is 0 Å². The molecule has 0 aromatic rings. The molecular formula is C11H28N2OSi. The molecule has 0 aliphatic rings. The minimum Gasteiger partial charge on any atom is -0.366 e. The van der Waals surface area contributed by atoms with E-state index in [2.05, 4.69) is 52.2 Å². The van der Waals surface area contributed by atoms with Gasteiger partial charge in [0.2, 0.25) is 0 Å². The van der Waals surface area contributed by atoms with Crippen LogP contribution in [0.15, 0.2) is 0 Å². The number of hydrogen-bond donors (Lipinski definition) is 2. The van der Waals surface area contributed by atoms with E-state index in [0.29, 0.717) is 0 Å². The van der Waals surface area contributed by atoms with Crippen molar-refractivity contribution in [1.29, 1.82) is 0 Å². The first-order chi connectivity index (χ1) is 6.64. The Labute approximate surface area is 97.8 Å². The number of nitrogens with one attached hydrogen (secondary N) is 2. The second-order valence-electron chi connectivity index (χ2n) is 5.97. The molecule has 0 rings (SSSR count). The van der Waals surface area contributed by atoms with Crippen molar-refractivity contribution >= 4 is 10.2 Å². The molecule has 15 heavy (non-hydrogen) atoms.